The fourth-order valence-electron chi connectivity index (χ4n) is 8.57. The third-order valence-electron chi connectivity index (χ3n) is 11.0. The van der Waals surface area contributed by atoms with Crippen LogP contribution in [0.25, 0.3) is 0 Å². The number of nitrogens with zero attached hydrogens (tertiary/aromatic N) is 3. The molecule has 0 N–H and O–H groups in total. The Morgan fingerprint density at radius 1 is 0.396 bits per heavy atom. The Hall–Kier alpha value is -6.00. The molecule has 258 valence electrons. The van der Waals surface area contributed by atoms with Crippen molar-refractivity contribution in [3.05, 3.63) is 185 Å². The second-order valence-electron chi connectivity index (χ2n) is 15.2. The van der Waals surface area contributed by atoms with Crippen LogP contribution in [0.4, 0.5) is 51.2 Å². The van der Waals surface area contributed by atoms with E-state index >= 15 is 0 Å². The van der Waals surface area contributed by atoms with Crippen LogP contribution in [0.1, 0.15) is 38.9 Å². The predicted octanol–water partition coefficient (Wildman–Crippen LogP) is 12.0. The fourth-order valence-corrected chi connectivity index (χ4v) is 8.57. The molecule has 7 aromatic carbocycles. The normalized spacial score (nSPS) is 12.9. The van der Waals surface area contributed by atoms with E-state index < -0.39 is 0 Å². The van der Waals surface area contributed by atoms with Gasteiger partial charge in [-0.05, 0) is 160 Å². The number of hydrogen-bond donors (Lipinski definition) is 0. The zero-order chi connectivity index (χ0) is 36.4. The summed E-state index contributed by atoms with van der Waals surface area (Å²) in [5.41, 5.74) is 22.2. The molecule has 0 saturated carbocycles. The number of fused-ring (bicyclic) bond motifs is 5. The molecule has 7 aromatic rings. The van der Waals surface area contributed by atoms with E-state index in [4.69, 9.17) is 0 Å². The number of rotatable bonds is 5. The van der Waals surface area contributed by atoms with Gasteiger partial charge in [0.25, 0.3) is 0 Å². The Balaban J connectivity index is 1.45. The molecular weight excluding hydrogens is 641 g/mol. The molecule has 0 aromatic heterocycles. The van der Waals surface area contributed by atoms with E-state index in [9.17, 15) is 0 Å². The van der Waals surface area contributed by atoms with Gasteiger partial charge in [-0.3, -0.25) is 0 Å². The van der Waals surface area contributed by atoms with Crippen molar-refractivity contribution >= 4 is 68.8 Å². The molecule has 0 radical (unpaired) electrons. The first-order chi connectivity index (χ1) is 25.7. The van der Waals surface area contributed by atoms with Gasteiger partial charge in [-0.2, -0.15) is 0 Å². The van der Waals surface area contributed by atoms with Gasteiger partial charge in [0, 0.05) is 34.1 Å². The van der Waals surface area contributed by atoms with Gasteiger partial charge in [0.2, 0.25) is 6.71 Å². The van der Waals surface area contributed by atoms with Crippen LogP contribution >= 0.6 is 0 Å². The van der Waals surface area contributed by atoms with Crippen molar-refractivity contribution in [2.45, 2.75) is 47.9 Å². The highest BCUT2D eigenvalue weighted by Gasteiger charge is 2.39. The summed E-state index contributed by atoms with van der Waals surface area (Å²) in [5.74, 6) is 0. The van der Waals surface area contributed by atoms with Gasteiger partial charge >= 0.3 is 0 Å². The van der Waals surface area contributed by atoms with Crippen LogP contribution in [-0.4, -0.2) is 6.71 Å². The molecule has 0 unspecified atom stereocenters. The lowest BCUT2D eigenvalue weighted by molar-refractivity contribution is 1.18. The molecule has 0 spiro atoms. The van der Waals surface area contributed by atoms with E-state index in [2.05, 4.69) is 202 Å². The number of hydrogen-bond acceptors (Lipinski definition) is 3. The maximum Gasteiger partial charge on any atom is 0.219 e. The van der Waals surface area contributed by atoms with Crippen LogP contribution < -0.4 is 25.6 Å². The van der Waals surface area contributed by atoms with Crippen LogP contribution in [0.2, 0.25) is 0 Å². The minimum Gasteiger partial charge on any atom is -0.311 e. The van der Waals surface area contributed by atoms with Crippen molar-refractivity contribution in [1.29, 1.82) is 0 Å². The zero-order valence-electron chi connectivity index (χ0n) is 31.5. The molecule has 0 atom stereocenters. The third-order valence-corrected chi connectivity index (χ3v) is 11.0. The lowest BCUT2D eigenvalue weighted by atomic mass is 9.37. The van der Waals surface area contributed by atoms with E-state index in [1.165, 1.54) is 84.0 Å². The lowest BCUT2D eigenvalue weighted by Crippen LogP contribution is -2.45. The number of aryl methyl sites for hydroxylation is 6. The summed E-state index contributed by atoms with van der Waals surface area (Å²) >= 11 is 0. The summed E-state index contributed by atoms with van der Waals surface area (Å²) < 4.78 is 0. The largest absolute Gasteiger partial charge is 0.311 e. The zero-order valence-corrected chi connectivity index (χ0v) is 31.5. The van der Waals surface area contributed by atoms with Gasteiger partial charge in [0.15, 0.2) is 0 Å². The van der Waals surface area contributed by atoms with Gasteiger partial charge in [-0.15, -0.1) is 0 Å². The van der Waals surface area contributed by atoms with Gasteiger partial charge in [-0.25, -0.2) is 0 Å². The van der Waals surface area contributed by atoms with Crippen LogP contribution in [0.3, 0.4) is 0 Å². The summed E-state index contributed by atoms with van der Waals surface area (Å²) in [6.45, 7) is 13.4. The lowest BCUT2D eigenvalue weighted by Gasteiger charge is -2.36. The van der Waals surface area contributed by atoms with Gasteiger partial charge in [0.1, 0.15) is 0 Å². The van der Waals surface area contributed by atoms with Gasteiger partial charge < -0.3 is 14.7 Å². The van der Waals surface area contributed by atoms with Crippen LogP contribution in [0.15, 0.2) is 146 Å². The Kier molecular flexibility index (Phi) is 8.00. The minimum absolute atomic E-state index is 0.166. The van der Waals surface area contributed by atoms with Crippen molar-refractivity contribution < 1.29 is 0 Å². The molecule has 3 nitrogen and oxygen atoms in total. The highest BCUT2D eigenvalue weighted by molar-refractivity contribution is 6.87. The molecule has 0 fully saturated rings. The summed E-state index contributed by atoms with van der Waals surface area (Å²) in [6.07, 6.45) is 0.886. The van der Waals surface area contributed by atoms with E-state index in [1.807, 2.05) is 0 Å². The smallest absolute Gasteiger partial charge is 0.219 e. The van der Waals surface area contributed by atoms with Gasteiger partial charge in [0.05, 0.1) is 17.1 Å². The second kappa shape index (κ2) is 12.9. The highest BCUT2D eigenvalue weighted by Crippen LogP contribution is 2.51. The van der Waals surface area contributed by atoms with E-state index in [-0.39, 0.29) is 6.71 Å². The summed E-state index contributed by atoms with van der Waals surface area (Å²) in [7, 11) is 0. The second-order valence-corrected chi connectivity index (χ2v) is 15.2. The summed E-state index contributed by atoms with van der Waals surface area (Å²) in [4.78, 5) is 7.55. The first kappa shape index (κ1) is 32.9. The fraction of sp³-hybridized carbons (Fsp3) is 0.143. The maximum absolute atomic E-state index is 2.55. The Morgan fingerprint density at radius 2 is 0.811 bits per heavy atom. The molecule has 4 heteroatoms. The Labute approximate surface area is 314 Å². The van der Waals surface area contributed by atoms with Crippen molar-refractivity contribution in [2.24, 2.45) is 0 Å². The molecule has 9 rings (SSSR count). The van der Waals surface area contributed by atoms with Gasteiger partial charge in [-0.1, -0.05) is 83.7 Å². The number of benzene rings is 7. The van der Waals surface area contributed by atoms with Crippen molar-refractivity contribution in [3.63, 3.8) is 0 Å². The minimum atomic E-state index is 0.166. The van der Waals surface area contributed by atoms with Crippen molar-refractivity contribution in [2.75, 3.05) is 14.7 Å². The monoisotopic (exact) mass is 685 g/mol. The molecule has 2 heterocycles. The van der Waals surface area contributed by atoms with Crippen LogP contribution in [-0.2, 0) is 6.32 Å². The third kappa shape index (κ3) is 5.79. The maximum atomic E-state index is 2.55. The Bertz CT molecular complexity index is 2380. The predicted molar refractivity (Wildman–Crippen MR) is 228 cm³/mol. The summed E-state index contributed by atoms with van der Waals surface area (Å²) in [6, 6.07) is 54.9. The topological polar surface area (TPSA) is 9.72 Å². The van der Waals surface area contributed by atoms with E-state index in [0.29, 0.717) is 0 Å². The first-order valence-electron chi connectivity index (χ1n) is 18.8. The molecule has 2 bridgehead atoms. The van der Waals surface area contributed by atoms with E-state index in [1.54, 1.807) is 0 Å². The molecule has 53 heavy (non-hydrogen) atoms. The molecule has 0 saturated heterocycles. The molecule has 2 aliphatic rings. The molecular formula is C49H44BN3. The quantitative estimate of drug-likeness (QED) is 0.167. The molecule has 2 aliphatic heterocycles. The average Bonchev–Trinajstić information content (AvgIpc) is 3.36. The first-order valence-corrected chi connectivity index (χ1v) is 18.8. The summed E-state index contributed by atoms with van der Waals surface area (Å²) in [5, 5.41) is 0. The average molecular weight is 686 g/mol. The number of anilines is 9. The van der Waals surface area contributed by atoms with Crippen LogP contribution in [0, 0.1) is 41.5 Å². The van der Waals surface area contributed by atoms with Crippen molar-refractivity contribution in [1.82, 2.24) is 0 Å². The Morgan fingerprint density at radius 3 is 1.25 bits per heavy atom. The van der Waals surface area contributed by atoms with E-state index in [0.717, 1.165) is 23.4 Å². The molecule has 0 aliphatic carbocycles. The standard InChI is InChI=1S/C49H44BN3/c1-32-11-7-15-38(23-32)51(39-16-8-12-33(2)24-39)42-29-46-43-31-50(44-21-19-36(5)27-48(44)52(46)40-17-9-13-34(3)25-40)45-22-20-37(6)28-49(45)53(47(43)30-42)41-18-10-14-35(4)26-41/h7-30H,31H2,1-6H3. The van der Waals surface area contributed by atoms with Crippen molar-refractivity contribution in [3.8, 4) is 0 Å². The molecule has 0 amide bonds. The SMILES string of the molecule is Cc1cccc(N(c2cccc(C)c2)c2cc3c4c(c2)N(c2cccc(C)c2)c2cc(C)ccc2B(C4)c2ccc(C)cc2N3c2cccc(C)c2)c1. The van der Waals surface area contributed by atoms with Crippen LogP contribution in [0.5, 0.6) is 0 Å². The highest BCUT2D eigenvalue weighted by atomic mass is 15.2.